The smallest absolute Gasteiger partial charge is 0.330 e. The summed E-state index contributed by atoms with van der Waals surface area (Å²) >= 11 is 0. The topological polar surface area (TPSA) is 77.4 Å². The second-order valence-electron chi connectivity index (χ2n) is 4.38. The molecule has 0 aliphatic carbocycles. The molecular weight excluding hydrogens is 260 g/mol. The molecule has 0 bridgehead atoms. The van der Waals surface area contributed by atoms with E-state index in [4.69, 9.17) is 9.47 Å². The first-order valence-corrected chi connectivity index (χ1v) is 6.29. The number of ether oxygens (including phenoxy) is 2. The van der Waals surface area contributed by atoms with Gasteiger partial charge in [-0.3, -0.25) is 4.98 Å². The van der Waals surface area contributed by atoms with E-state index in [0.717, 1.165) is 5.52 Å². The summed E-state index contributed by atoms with van der Waals surface area (Å²) in [5, 5.41) is 0. The third-order valence-electron chi connectivity index (χ3n) is 3.21. The predicted molar refractivity (Wildman–Crippen MR) is 71.3 cm³/mol. The summed E-state index contributed by atoms with van der Waals surface area (Å²) in [4.78, 5) is 26.5. The molecule has 7 nitrogen and oxygen atoms in total. The van der Waals surface area contributed by atoms with Gasteiger partial charge in [0.15, 0.2) is 11.7 Å². The molecule has 1 fully saturated rings. The molecule has 1 aliphatic rings. The largest absolute Gasteiger partial charge is 0.467 e. The van der Waals surface area contributed by atoms with E-state index >= 15 is 0 Å². The molecule has 104 valence electrons. The summed E-state index contributed by atoms with van der Waals surface area (Å²) in [5.74, 6) is 0.349. The van der Waals surface area contributed by atoms with Crippen LogP contribution in [0.3, 0.4) is 0 Å². The zero-order valence-corrected chi connectivity index (χ0v) is 11.0. The van der Waals surface area contributed by atoms with Crippen LogP contribution in [0.15, 0.2) is 24.5 Å². The van der Waals surface area contributed by atoms with Gasteiger partial charge in [-0.1, -0.05) is 0 Å². The number of aromatic nitrogens is 3. The van der Waals surface area contributed by atoms with Crippen molar-refractivity contribution < 1.29 is 14.3 Å². The van der Waals surface area contributed by atoms with E-state index < -0.39 is 6.04 Å². The molecule has 0 amide bonds. The Bertz CT molecular complexity index is 634. The Morgan fingerprint density at radius 3 is 3.10 bits per heavy atom. The fourth-order valence-corrected chi connectivity index (χ4v) is 2.21. The Morgan fingerprint density at radius 2 is 2.25 bits per heavy atom. The average Bonchev–Trinajstić information content (AvgIpc) is 2.53. The zero-order valence-electron chi connectivity index (χ0n) is 11.0. The van der Waals surface area contributed by atoms with Crippen LogP contribution in [0, 0.1) is 0 Å². The summed E-state index contributed by atoms with van der Waals surface area (Å²) in [6.45, 7) is 1.43. The molecule has 0 N–H and O–H groups in total. The van der Waals surface area contributed by atoms with E-state index in [1.165, 1.54) is 7.11 Å². The van der Waals surface area contributed by atoms with Crippen molar-refractivity contribution in [3.8, 4) is 0 Å². The van der Waals surface area contributed by atoms with Crippen molar-refractivity contribution >= 4 is 23.0 Å². The highest BCUT2D eigenvalue weighted by Gasteiger charge is 2.31. The van der Waals surface area contributed by atoms with Gasteiger partial charge >= 0.3 is 5.97 Å². The number of anilines is 1. The number of hydrogen-bond donors (Lipinski definition) is 0. The van der Waals surface area contributed by atoms with Gasteiger partial charge < -0.3 is 14.4 Å². The summed E-state index contributed by atoms with van der Waals surface area (Å²) < 4.78 is 10.2. The van der Waals surface area contributed by atoms with Gasteiger partial charge in [0.05, 0.1) is 20.3 Å². The number of morpholine rings is 1. The molecule has 1 atom stereocenters. The number of hydrogen-bond acceptors (Lipinski definition) is 7. The number of pyridine rings is 1. The van der Waals surface area contributed by atoms with Gasteiger partial charge in [-0.05, 0) is 12.1 Å². The molecule has 1 saturated heterocycles. The van der Waals surface area contributed by atoms with Crippen LogP contribution in [-0.2, 0) is 14.3 Å². The molecule has 0 saturated carbocycles. The minimum Gasteiger partial charge on any atom is -0.467 e. The molecule has 1 aliphatic heterocycles. The van der Waals surface area contributed by atoms with Crippen molar-refractivity contribution in [2.24, 2.45) is 0 Å². The molecule has 2 aromatic rings. The van der Waals surface area contributed by atoms with Gasteiger partial charge in [0.1, 0.15) is 11.3 Å². The van der Waals surface area contributed by atoms with Crippen LogP contribution >= 0.6 is 0 Å². The van der Waals surface area contributed by atoms with Crippen LogP contribution in [0.1, 0.15) is 0 Å². The van der Waals surface area contributed by atoms with Gasteiger partial charge in [-0.15, -0.1) is 0 Å². The molecule has 2 aromatic heterocycles. The average molecular weight is 274 g/mol. The van der Waals surface area contributed by atoms with Crippen LogP contribution in [0.5, 0.6) is 0 Å². The lowest BCUT2D eigenvalue weighted by Crippen LogP contribution is -2.51. The van der Waals surface area contributed by atoms with Crippen LogP contribution in [0.4, 0.5) is 5.82 Å². The molecule has 0 aromatic carbocycles. The standard InChI is InChI=1S/C13H14N4O3/c1-19-13(18)10-8-20-7-6-17(10)11-3-2-9-12(16-11)15-5-4-14-9/h2-5,10H,6-8H2,1H3. The molecule has 1 unspecified atom stereocenters. The minimum absolute atomic E-state index is 0.298. The number of nitrogens with zero attached hydrogens (tertiary/aromatic N) is 4. The van der Waals surface area contributed by atoms with Crippen molar-refractivity contribution in [2.75, 3.05) is 31.8 Å². The zero-order chi connectivity index (χ0) is 13.9. The van der Waals surface area contributed by atoms with Crippen molar-refractivity contribution in [2.45, 2.75) is 6.04 Å². The highest BCUT2D eigenvalue weighted by molar-refractivity contribution is 5.81. The Morgan fingerprint density at radius 1 is 1.40 bits per heavy atom. The maximum Gasteiger partial charge on any atom is 0.330 e. The van der Waals surface area contributed by atoms with Crippen molar-refractivity contribution in [3.05, 3.63) is 24.5 Å². The lowest BCUT2D eigenvalue weighted by molar-refractivity contribution is -0.144. The fourth-order valence-electron chi connectivity index (χ4n) is 2.21. The third kappa shape index (κ3) is 2.27. The van der Waals surface area contributed by atoms with E-state index in [-0.39, 0.29) is 5.97 Å². The first-order valence-electron chi connectivity index (χ1n) is 6.29. The van der Waals surface area contributed by atoms with Crippen molar-refractivity contribution in [3.63, 3.8) is 0 Å². The molecule has 3 heterocycles. The summed E-state index contributed by atoms with van der Waals surface area (Å²) in [7, 11) is 1.37. The van der Waals surface area contributed by atoms with E-state index in [9.17, 15) is 4.79 Å². The van der Waals surface area contributed by atoms with Crippen molar-refractivity contribution in [1.82, 2.24) is 15.0 Å². The number of methoxy groups -OCH3 is 1. The predicted octanol–water partition coefficient (Wildman–Crippen LogP) is 0.403. The Labute approximate surface area is 115 Å². The van der Waals surface area contributed by atoms with E-state index in [2.05, 4.69) is 15.0 Å². The number of carbonyl (C=O) groups is 1. The van der Waals surface area contributed by atoms with Crippen LogP contribution < -0.4 is 4.90 Å². The normalized spacial score (nSPS) is 19.1. The van der Waals surface area contributed by atoms with Crippen LogP contribution in [0.25, 0.3) is 11.2 Å². The molecule has 3 rings (SSSR count). The van der Waals surface area contributed by atoms with Gasteiger partial charge in [-0.2, -0.15) is 0 Å². The molecule has 7 heteroatoms. The number of esters is 1. The maximum atomic E-state index is 11.8. The summed E-state index contributed by atoms with van der Waals surface area (Å²) in [5.41, 5.74) is 1.28. The van der Waals surface area contributed by atoms with Crippen LogP contribution in [-0.4, -0.2) is 53.8 Å². The highest BCUT2D eigenvalue weighted by Crippen LogP contribution is 2.20. The number of rotatable bonds is 2. The van der Waals surface area contributed by atoms with Crippen LogP contribution in [0.2, 0.25) is 0 Å². The second-order valence-corrected chi connectivity index (χ2v) is 4.38. The minimum atomic E-state index is -0.477. The third-order valence-corrected chi connectivity index (χ3v) is 3.21. The Balaban J connectivity index is 1.96. The quantitative estimate of drug-likeness (QED) is 0.734. The SMILES string of the molecule is COC(=O)C1COCCN1c1ccc2nccnc2n1. The van der Waals surface area contributed by atoms with E-state index in [1.807, 2.05) is 17.0 Å². The lowest BCUT2D eigenvalue weighted by atomic mass is 10.2. The molecular formula is C13H14N4O3. The first-order chi connectivity index (χ1) is 9.79. The number of carbonyl (C=O) groups excluding carboxylic acids is 1. The lowest BCUT2D eigenvalue weighted by Gasteiger charge is -2.34. The van der Waals surface area contributed by atoms with Gasteiger partial charge in [-0.25, -0.2) is 14.8 Å². The van der Waals surface area contributed by atoms with E-state index in [1.54, 1.807) is 12.4 Å². The Kier molecular flexibility index (Phi) is 3.42. The van der Waals surface area contributed by atoms with Gasteiger partial charge in [0.25, 0.3) is 0 Å². The second kappa shape index (κ2) is 5.38. The highest BCUT2D eigenvalue weighted by atomic mass is 16.5. The molecule has 20 heavy (non-hydrogen) atoms. The molecule has 0 spiro atoms. The molecule has 0 radical (unpaired) electrons. The maximum absolute atomic E-state index is 11.8. The van der Waals surface area contributed by atoms with Gasteiger partial charge in [0, 0.05) is 18.9 Å². The Hall–Kier alpha value is -2.28. The monoisotopic (exact) mass is 274 g/mol. The van der Waals surface area contributed by atoms with E-state index in [0.29, 0.717) is 31.2 Å². The first kappa shape index (κ1) is 12.7. The summed E-state index contributed by atoms with van der Waals surface area (Å²) in [6, 6.07) is 3.20. The van der Waals surface area contributed by atoms with Crippen molar-refractivity contribution in [1.29, 1.82) is 0 Å². The fraction of sp³-hybridized carbons (Fsp3) is 0.385. The van der Waals surface area contributed by atoms with Gasteiger partial charge in [0.2, 0.25) is 0 Å². The summed E-state index contributed by atoms with van der Waals surface area (Å²) in [6.07, 6.45) is 3.21. The number of fused-ring (bicyclic) bond motifs is 1.